The normalized spacial score (nSPS) is 21.8. The molecule has 25 heavy (non-hydrogen) atoms. The Balaban J connectivity index is 1.70. The zero-order valence-corrected chi connectivity index (χ0v) is 15.6. The molecule has 7 heteroatoms. The van der Waals surface area contributed by atoms with Gasteiger partial charge in [-0.2, -0.15) is 4.31 Å². The topological polar surface area (TPSA) is 49.9 Å². The predicted octanol–water partition coefficient (Wildman–Crippen LogP) is 2.42. The van der Waals surface area contributed by atoms with Crippen LogP contribution in [-0.4, -0.2) is 62.7 Å². The number of halogens is 1. The molecule has 0 saturated carbocycles. The minimum atomic E-state index is -3.53. The minimum Gasteiger partial charge on any atom is -0.379 e. The summed E-state index contributed by atoms with van der Waals surface area (Å²) in [6.07, 6.45) is 2.48. The third-order valence-corrected chi connectivity index (χ3v) is 6.95. The zero-order chi connectivity index (χ0) is 17.9. The lowest BCUT2D eigenvalue weighted by molar-refractivity contribution is -0.0443. The highest BCUT2D eigenvalue weighted by molar-refractivity contribution is 7.89. The largest absolute Gasteiger partial charge is 0.379 e. The number of morpholine rings is 1. The number of nitrogens with zero attached hydrogens (tertiary/aromatic N) is 2. The number of sulfonamides is 1. The summed E-state index contributed by atoms with van der Waals surface area (Å²) in [5, 5.41) is 0. The van der Waals surface area contributed by atoms with E-state index in [4.69, 9.17) is 4.74 Å². The van der Waals surface area contributed by atoms with Gasteiger partial charge in [-0.05, 0) is 18.1 Å². The Hall–Kier alpha value is -1.02. The first-order valence-electron chi connectivity index (χ1n) is 9.02. The number of likely N-dealkylation sites (tertiary alicyclic amines) is 1. The Kier molecular flexibility index (Phi) is 5.78. The smallest absolute Gasteiger partial charge is 0.243 e. The SMILES string of the molecule is CCCCC1(F)CN(Cc2ccccc2S(=O)(=O)N2CCOCC2)C1. The first kappa shape index (κ1) is 18.8. The second-order valence-electron chi connectivity index (χ2n) is 7.02. The van der Waals surface area contributed by atoms with Crippen LogP contribution in [0.1, 0.15) is 31.7 Å². The molecule has 140 valence electrons. The van der Waals surface area contributed by atoms with Crippen molar-refractivity contribution in [1.82, 2.24) is 9.21 Å². The van der Waals surface area contributed by atoms with Crippen molar-refractivity contribution in [2.75, 3.05) is 39.4 Å². The average molecular weight is 370 g/mol. The van der Waals surface area contributed by atoms with Gasteiger partial charge in [0.25, 0.3) is 0 Å². The number of alkyl halides is 1. The maximum Gasteiger partial charge on any atom is 0.243 e. The van der Waals surface area contributed by atoms with Gasteiger partial charge >= 0.3 is 0 Å². The molecule has 0 radical (unpaired) electrons. The fraction of sp³-hybridized carbons (Fsp3) is 0.667. The molecule has 2 aliphatic heterocycles. The van der Waals surface area contributed by atoms with Gasteiger partial charge in [0.2, 0.25) is 10.0 Å². The van der Waals surface area contributed by atoms with Crippen LogP contribution in [0.25, 0.3) is 0 Å². The van der Waals surface area contributed by atoms with Crippen molar-refractivity contribution in [2.24, 2.45) is 0 Å². The molecule has 0 aromatic heterocycles. The van der Waals surface area contributed by atoms with Gasteiger partial charge in [-0.1, -0.05) is 38.0 Å². The standard InChI is InChI=1S/C18H27FN2O3S/c1-2-3-8-18(19)14-20(15-18)13-16-6-4-5-7-17(16)25(22,23)21-9-11-24-12-10-21/h4-7H,2-3,8-15H2,1H3. The Morgan fingerprint density at radius 3 is 2.56 bits per heavy atom. The number of benzene rings is 1. The molecule has 1 aromatic rings. The molecule has 0 bridgehead atoms. The molecule has 2 heterocycles. The summed E-state index contributed by atoms with van der Waals surface area (Å²) in [6, 6.07) is 7.07. The Labute approximate surface area is 149 Å². The van der Waals surface area contributed by atoms with Crippen LogP contribution in [0, 0.1) is 0 Å². The molecule has 0 unspecified atom stereocenters. The average Bonchev–Trinajstić information content (AvgIpc) is 2.60. The van der Waals surface area contributed by atoms with Crippen LogP contribution < -0.4 is 0 Å². The summed E-state index contributed by atoms with van der Waals surface area (Å²) in [6.45, 7) is 4.92. The minimum absolute atomic E-state index is 0.335. The molecular weight excluding hydrogens is 343 g/mol. The Morgan fingerprint density at radius 1 is 1.20 bits per heavy atom. The molecule has 0 spiro atoms. The molecule has 3 rings (SSSR count). The Bertz CT molecular complexity index is 683. The molecule has 0 aliphatic carbocycles. The van der Waals surface area contributed by atoms with E-state index < -0.39 is 15.7 Å². The van der Waals surface area contributed by atoms with Crippen LogP contribution >= 0.6 is 0 Å². The molecular formula is C18H27FN2O3S. The molecule has 2 aliphatic rings. The zero-order valence-electron chi connectivity index (χ0n) is 14.8. The number of ether oxygens (including phenoxy) is 1. The summed E-state index contributed by atoms with van der Waals surface area (Å²) >= 11 is 0. The highest BCUT2D eigenvalue weighted by atomic mass is 32.2. The number of rotatable bonds is 7. The predicted molar refractivity (Wildman–Crippen MR) is 94.7 cm³/mol. The van der Waals surface area contributed by atoms with E-state index in [2.05, 4.69) is 6.92 Å². The van der Waals surface area contributed by atoms with E-state index in [-0.39, 0.29) is 0 Å². The van der Waals surface area contributed by atoms with Gasteiger partial charge in [-0.25, -0.2) is 12.8 Å². The van der Waals surface area contributed by atoms with Crippen molar-refractivity contribution >= 4 is 10.0 Å². The second kappa shape index (κ2) is 7.70. The first-order chi connectivity index (χ1) is 11.9. The highest BCUT2D eigenvalue weighted by Crippen LogP contribution is 2.33. The second-order valence-corrected chi connectivity index (χ2v) is 8.93. The summed E-state index contributed by atoms with van der Waals surface area (Å²) < 4.78 is 47.1. The molecule has 0 N–H and O–H groups in total. The fourth-order valence-corrected chi connectivity index (χ4v) is 5.19. The van der Waals surface area contributed by atoms with Crippen LogP contribution in [0.2, 0.25) is 0 Å². The van der Waals surface area contributed by atoms with Gasteiger partial charge in [-0.15, -0.1) is 0 Å². The molecule has 2 saturated heterocycles. The van der Waals surface area contributed by atoms with E-state index in [0.717, 1.165) is 18.4 Å². The first-order valence-corrected chi connectivity index (χ1v) is 10.5. The summed E-state index contributed by atoms with van der Waals surface area (Å²) in [4.78, 5) is 2.32. The maximum atomic E-state index is 14.5. The van der Waals surface area contributed by atoms with E-state index in [1.54, 1.807) is 12.1 Å². The molecule has 5 nitrogen and oxygen atoms in total. The van der Waals surface area contributed by atoms with Crippen molar-refractivity contribution in [3.05, 3.63) is 29.8 Å². The third-order valence-electron chi connectivity index (χ3n) is 4.95. The highest BCUT2D eigenvalue weighted by Gasteiger charge is 2.42. The van der Waals surface area contributed by atoms with E-state index in [9.17, 15) is 12.8 Å². The number of hydrogen-bond acceptors (Lipinski definition) is 4. The quantitative estimate of drug-likeness (QED) is 0.740. The van der Waals surface area contributed by atoms with E-state index >= 15 is 0 Å². The lowest BCUT2D eigenvalue weighted by Crippen LogP contribution is -2.58. The summed E-state index contributed by atoms with van der Waals surface area (Å²) in [7, 11) is -3.53. The van der Waals surface area contributed by atoms with Crippen molar-refractivity contribution in [3.8, 4) is 0 Å². The van der Waals surface area contributed by atoms with Gasteiger partial charge in [0.05, 0.1) is 18.1 Å². The van der Waals surface area contributed by atoms with E-state index in [1.807, 2.05) is 17.0 Å². The number of unbranched alkanes of at least 4 members (excludes halogenated alkanes) is 1. The number of hydrogen-bond donors (Lipinski definition) is 0. The monoisotopic (exact) mass is 370 g/mol. The molecule has 1 aromatic carbocycles. The Morgan fingerprint density at radius 2 is 1.88 bits per heavy atom. The van der Waals surface area contributed by atoms with Crippen molar-refractivity contribution < 1.29 is 17.5 Å². The molecule has 0 amide bonds. The van der Waals surface area contributed by atoms with Crippen LogP contribution in [-0.2, 0) is 21.3 Å². The van der Waals surface area contributed by atoms with Gasteiger partial charge in [0, 0.05) is 32.7 Å². The van der Waals surface area contributed by atoms with Crippen LogP contribution in [0.15, 0.2) is 29.2 Å². The molecule has 2 fully saturated rings. The van der Waals surface area contributed by atoms with Crippen LogP contribution in [0.3, 0.4) is 0 Å². The van der Waals surface area contributed by atoms with Gasteiger partial charge < -0.3 is 4.74 Å². The summed E-state index contributed by atoms with van der Waals surface area (Å²) in [5.41, 5.74) is -0.361. The van der Waals surface area contributed by atoms with Crippen molar-refractivity contribution in [3.63, 3.8) is 0 Å². The van der Waals surface area contributed by atoms with Gasteiger partial charge in [-0.3, -0.25) is 4.90 Å². The van der Waals surface area contributed by atoms with Crippen LogP contribution in [0.5, 0.6) is 0 Å². The van der Waals surface area contributed by atoms with Crippen LogP contribution in [0.4, 0.5) is 4.39 Å². The lowest BCUT2D eigenvalue weighted by Gasteiger charge is -2.45. The summed E-state index contributed by atoms with van der Waals surface area (Å²) in [5.74, 6) is 0. The fourth-order valence-electron chi connectivity index (χ4n) is 3.57. The lowest BCUT2D eigenvalue weighted by atomic mass is 9.90. The van der Waals surface area contributed by atoms with E-state index in [1.165, 1.54) is 4.31 Å². The third kappa shape index (κ3) is 4.22. The van der Waals surface area contributed by atoms with Crippen molar-refractivity contribution in [1.29, 1.82) is 0 Å². The van der Waals surface area contributed by atoms with Crippen molar-refractivity contribution in [2.45, 2.75) is 43.3 Å². The molecule has 0 atom stereocenters. The van der Waals surface area contributed by atoms with Gasteiger partial charge in [0.15, 0.2) is 0 Å². The maximum absolute atomic E-state index is 14.5. The van der Waals surface area contributed by atoms with Gasteiger partial charge in [0.1, 0.15) is 5.67 Å². The van der Waals surface area contributed by atoms with E-state index in [0.29, 0.717) is 57.3 Å².